The third-order valence-electron chi connectivity index (χ3n) is 1.98. The van der Waals surface area contributed by atoms with E-state index in [0.29, 0.717) is 6.07 Å². The van der Waals surface area contributed by atoms with E-state index in [9.17, 15) is 26.3 Å². The van der Waals surface area contributed by atoms with E-state index in [1.165, 1.54) is 0 Å². The van der Waals surface area contributed by atoms with Gasteiger partial charge < -0.3 is 5.11 Å². The first-order chi connectivity index (χ1) is 7.59. The Labute approximate surface area is 100 Å². The van der Waals surface area contributed by atoms with Gasteiger partial charge in [-0.2, -0.15) is 26.3 Å². The molecule has 0 aliphatic rings. The maximum Gasteiger partial charge on any atom is 0.418 e. The number of benzene rings is 1. The lowest BCUT2D eigenvalue weighted by molar-refractivity contribution is -0.162. The van der Waals surface area contributed by atoms with Crippen molar-refractivity contribution in [1.29, 1.82) is 0 Å². The first-order valence-electron chi connectivity index (χ1n) is 4.15. The Hall–Kier alpha value is -0.760. The fourth-order valence-corrected chi connectivity index (χ4v) is 1.95. The second-order valence-corrected chi connectivity index (χ2v) is 3.91. The summed E-state index contributed by atoms with van der Waals surface area (Å²) in [4.78, 5) is 0. The van der Waals surface area contributed by atoms with Gasteiger partial charge in [-0.3, -0.25) is 0 Å². The van der Waals surface area contributed by atoms with Gasteiger partial charge in [-0.15, -0.1) is 0 Å². The lowest BCUT2D eigenvalue weighted by atomic mass is 10.0. The molecule has 1 N–H and O–H groups in total. The van der Waals surface area contributed by atoms with Gasteiger partial charge in [0.15, 0.2) is 0 Å². The van der Waals surface area contributed by atoms with E-state index in [0.717, 1.165) is 6.07 Å². The zero-order chi connectivity index (χ0) is 13.4. The second-order valence-electron chi connectivity index (χ2n) is 3.11. The number of aliphatic hydroxyl groups excluding tert-OH is 1. The summed E-state index contributed by atoms with van der Waals surface area (Å²) in [7, 11) is 0. The Morgan fingerprint density at radius 2 is 1.53 bits per heavy atom. The summed E-state index contributed by atoms with van der Waals surface area (Å²) in [6, 6.07) is 1.10. The summed E-state index contributed by atoms with van der Waals surface area (Å²) in [5, 5.41) is 8.72. The maximum atomic E-state index is 12.5. The first-order valence-corrected chi connectivity index (χ1v) is 4.95. The summed E-state index contributed by atoms with van der Waals surface area (Å²) in [6.45, 7) is -0.790. The number of hydrogen-bond acceptors (Lipinski definition) is 1. The van der Waals surface area contributed by atoms with Gasteiger partial charge in [0, 0.05) is 4.47 Å². The van der Waals surface area contributed by atoms with Crippen LogP contribution in [0, 0.1) is 0 Å². The van der Waals surface area contributed by atoms with Crippen LogP contribution in [0.4, 0.5) is 26.3 Å². The zero-order valence-corrected chi connectivity index (χ0v) is 9.54. The normalized spacial score (nSPS) is 12.9. The average molecular weight is 323 g/mol. The summed E-state index contributed by atoms with van der Waals surface area (Å²) >= 11 is 2.44. The van der Waals surface area contributed by atoms with Crippen LogP contribution in [-0.2, 0) is 19.0 Å². The summed E-state index contributed by atoms with van der Waals surface area (Å²) < 4.78 is 74.1. The van der Waals surface area contributed by atoms with Crippen LogP contribution < -0.4 is 0 Å². The van der Waals surface area contributed by atoms with Crippen molar-refractivity contribution in [2.24, 2.45) is 0 Å². The van der Waals surface area contributed by atoms with Crippen molar-refractivity contribution >= 4 is 15.9 Å². The molecule has 0 aromatic heterocycles. The van der Waals surface area contributed by atoms with Gasteiger partial charge in [0.1, 0.15) is 0 Å². The van der Waals surface area contributed by atoms with Gasteiger partial charge in [0.05, 0.1) is 17.7 Å². The molecule has 0 fully saturated rings. The molecule has 0 aliphatic carbocycles. The molecule has 0 bridgehead atoms. The highest BCUT2D eigenvalue weighted by Gasteiger charge is 2.45. The van der Waals surface area contributed by atoms with E-state index in [2.05, 4.69) is 15.9 Å². The molecule has 1 aromatic carbocycles. The molecule has 1 rings (SSSR count). The van der Waals surface area contributed by atoms with Gasteiger partial charge in [0.25, 0.3) is 0 Å². The predicted octanol–water partition coefficient (Wildman–Crippen LogP) is 3.98. The first kappa shape index (κ1) is 14.3. The van der Waals surface area contributed by atoms with Crippen molar-refractivity contribution < 1.29 is 31.4 Å². The molecule has 0 radical (unpaired) electrons. The topological polar surface area (TPSA) is 20.2 Å². The van der Waals surface area contributed by atoms with Gasteiger partial charge in [-0.1, -0.05) is 6.07 Å². The Bertz CT molecular complexity index is 423. The Balaban J connectivity index is 3.59. The van der Waals surface area contributed by atoms with Crippen molar-refractivity contribution in [3.8, 4) is 0 Å². The predicted molar refractivity (Wildman–Crippen MR) is 50.1 cm³/mol. The highest BCUT2D eigenvalue weighted by molar-refractivity contribution is 9.10. The maximum absolute atomic E-state index is 12.5. The van der Waals surface area contributed by atoms with E-state index in [-0.39, 0.29) is 5.56 Å². The van der Waals surface area contributed by atoms with Crippen molar-refractivity contribution in [1.82, 2.24) is 0 Å². The van der Waals surface area contributed by atoms with Crippen LogP contribution in [0.15, 0.2) is 16.6 Å². The lowest BCUT2D eigenvalue weighted by Crippen LogP contribution is -2.18. The third kappa shape index (κ3) is 2.92. The molecule has 0 saturated heterocycles. The van der Waals surface area contributed by atoms with Crippen LogP contribution in [0.2, 0.25) is 0 Å². The lowest BCUT2D eigenvalue weighted by Gasteiger charge is -2.18. The molecule has 0 aliphatic heterocycles. The van der Waals surface area contributed by atoms with Crippen LogP contribution >= 0.6 is 15.9 Å². The summed E-state index contributed by atoms with van der Waals surface area (Å²) in [5.74, 6) is 0. The molecule has 17 heavy (non-hydrogen) atoms. The number of rotatable bonds is 1. The Morgan fingerprint density at radius 3 is 1.88 bits per heavy atom. The monoisotopic (exact) mass is 322 g/mol. The number of halogens is 7. The van der Waals surface area contributed by atoms with E-state index in [1.807, 2.05) is 0 Å². The van der Waals surface area contributed by atoms with Gasteiger partial charge in [0.2, 0.25) is 0 Å². The van der Waals surface area contributed by atoms with E-state index in [4.69, 9.17) is 5.11 Å². The van der Waals surface area contributed by atoms with Crippen LogP contribution in [0.3, 0.4) is 0 Å². The molecular weight excluding hydrogens is 318 g/mol. The highest BCUT2D eigenvalue weighted by atomic mass is 79.9. The molecule has 0 unspecified atom stereocenters. The van der Waals surface area contributed by atoms with Crippen molar-refractivity contribution in [3.05, 3.63) is 33.3 Å². The molecule has 8 heteroatoms. The van der Waals surface area contributed by atoms with Gasteiger partial charge in [-0.25, -0.2) is 0 Å². The quantitative estimate of drug-likeness (QED) is 0.775. The van der Waals surface area contributed by atoms with Crippen molar-refractivity contribution in [2.75, 3.05) is 0 Å². The molecule has 0 spiro atoms. The number of alkyl halides is 6. The van der Waals surface area contributed by atoms with Crippen molar-refractivity contribution in [2.45, 2.75) is 19.0 Å². The highest BCUT2D eigenvalue weighted by Crippen LogP contribution is 2.44. The minimum atomic E-state index is -5.16. The van der Waals surface area contributed by atoms with Gasteiger partial charge >= 0.3 is 12.4 Å². The van der Waals surface area contributed by atoms with Crippen molar-refractivity contribution in [3.63, 3.8) is 0 Å². The van der Waals surface area contributed by atoms with Crippen LogP contribution in [-0.4, -0.2) is 5.11 Å². The molecular formula is C9H5BrF6O. The minimum absolute atomic E-state index is 0.259. The van der Waals surface area contributed by atoms with E-state index in [1.54, 1.807) is 0 Å². The molecule has 0 saturated carbocycles. The molecule has 96 valence electrons. The van der Waals surface area contributed by atoms with Crippen LogP contribution in [0.5, 0.6) is 0 Å². The Kier molecular flexibility index (Phi) is 3.78. The smallest absolute Gasteiger partial charge is 0.392 e. The minimum Gasteiger partial charge on any atom is -0.392 e. The fourth-order valence-electron chi connectivity index (χ4n) is 1.25. The van der Waals surface area contributed by atoms with Crippen LogP contribution in [0.25, 0.3) is 0 Å². The standard InChI is InChI=1S/C9H5BrF6O/c10-7-4(3-17)1-2-5(8(11,12)13)6(7)9(14,15)16/h1-2,17H,3H2. The molecule has 1 nitrogen and oxygen atoms in total. The molecule has 0 atom stereocenters. The van der Waals surface area contributed by atoms with E-state index >= 15 is 0 Å². The fraction of sp³-hybridized carbons (Fsp3) is 0.333. The molecule has 0 amide bonds. The number of hydrogen-bond donors (Lipinski definition) is 1. The molecule has 1 aromatic rings. The largest absolute Gasteiger partial charge is 0.418 e. The molecule has 0 heterocycles. The Morgan fingerprint density at radius 1 is 1.00 bits per heavy atom. The SMILES string of the molecule is OCc1ccc(C(F)(F)F)c(C(F)(F)F)c1Br. The van der Waals surface area contributed by atoms with E-state index < -0.39 is 34.6 Å². The summed E-state index contributed by atoms with van der Waals surface area (Å²) in [6.07, 6.45) is -10.3. The zero-order valence-electron chi connectivity index (χ0n) is 7.95. The average Bonchev–Trinajstić information content (AvgIpc) is 2.13. The third-order valence-corrected chi connectivity index (χ3v) is 2.89. The summed E-state index contributed by atoms with van der Waals surface area (Å²) in [5.41, 5.74) is -3.86. The number of aliphatic hydroxyl groups is 1. The second kappa shape index (κ2) is 4.49. The van der Waals surface area contributed by atoms with Crippen LogP contribution in [0.1, 0.15) is 16.7 Å². The van der Waals surface area contributed by atoms with Gasteiger partial charge in [-0.05, 0) is 27.6 Å².